The lowest BCUT2D eigenvalue weighted by atomic mass is 9.86. The Morgan fingerprint density at radius 1 is 0.857 bits per heavy atom. The molecule has 2 N–H and O–H groups in total. The zero-order valence-corrected chi connectivity index (χ0v) is 18.9. The number of fused-ring (bicyclic) bond motifs is 1. The van der Waals surface area contributed by atoms with E-state index in [0.29, 0.717) is 22.1 Å². The van der Waals surface area contributed by atoms with Gasteiger partial charge in [0.05, 0.1) is 6.61 Å². The van der Waals surface area contributed by atoms with Gasteiger partial charge in [-0.3, -0.25) is 4.79 Å². The fourth-order valence-corrected chi connectivity index (χ4v) is 3.68. The first-order valence-electron chi connectivity index (χ1n) is 10.9. The van der Waals surface area contributed by atoms with Gasteiger partial charge in [-0.25, -0.2) is 9.59 Å². The van der Waals surface area contributed by atoms with Crippen LogP contribution in [0.3, 0.4) is 0 Å². The van der Waals surface area contributed by atoms with Crippen molar-refractivity contribution >= 4 is 34.5 Å². The Morgan fingerprint density at radius 3 is 2.03 bits per heavy atom. The lowest BCUT2D eigenvalue weighted by Gasteiger charge is -2.26. The van der Waals surface area contributed by atoms with E-state index < -0.39 is 30.1 Å². The van der Waals surface area contributed by atoms with E-state index in [2.05, 4.69) is 5.32 Å². The number of hydrogen-bond acceptors (Lipinski definition) is 7. The molecule has 178 valence electrons. The highest BCUT2D eigenvalue weighted by Gasteiger charge is 2.42. The van der Waals surface area contributed by atoms with Gasteiger partial charge in [-0.05, 0) is 30.2 Å². The molecular weight excluding hydrogens is 450 g/mol. The molecule has 0 fully saturated rings. The summed E-state index contributed by atoms with van der Waals surface area (Å²) in [4.78, 5) is 38.2. The van der Waals surface area contributed by atoms with E-state index in [1.165, 1.54) is 0 Å². The fourth-order valence-electron chi connectivity index (χ4n) is 3.68. The number of aliphatic hydroxyl groups is 1. The molecule has 1 aromatic heterocycles. The lowest BCUT2D eigenvalue weighted by molar-refractivity contribution is -0.163. The molecule has 1 heterocycles. The summed E-state index contributed by atoms with van der Waals surface area (Å²) < 4.78 is 15.8. The molecule has 0 radical (unpaired) electrons. The highest BCUT2D eigenvalue weighted by molar-refractivity contribution is 6.09. The molecule has 8 heteroatoms. The summed E-state index contributed by atoms with van der Waals surface area (Å²) >= 11 is 0. The molecule has 4 aromatic rings. The SMILES string of the molecule is CCOC(=O)c1oc2ccccc2c1NC(=O)COC(=O)C(O)(c1ccccc1)c1ccccc1. The Hall–Kier alpha value is -4.43. The van der Waals surface area contributed by atoms with Crippen molar-refractivity contribution in [3.8, 4) is 0 Å². The molecule has 0 aliphatic carbocycles. The molecule has 8 nitrogen and oxygen atoms in total. The van der Waals surface area contributed by atoms with Gasteiger partial charge in [0, 0.05) is 5.39 Å². The maximum absolute atomic E-state index is 13.1. The monoisotopic (exact) mass is 473 g/mol. The second kappa shape index (κ2) is 10.2. The van der Waals surface area contributed by atoms with E-state index in [0.717, 1.165) is 0 Å². The van der Waals surface area contributed by atoms with Crippen LogP contribution in [0.4, 0.5) is 5.69 Å². The number of hydrogen-bond donors (Lipinski definition) is 2. The van der Waals surface area contributed by atoms with Crippen LogP contribution >= 0.6 is 0 Å². The Balaban J connectivity index is 1.56. The zero-order valence-electron chi connectivity index (χ0n) is 18.9. The zero-order chi connectivity index (χ0) is 24.8. The van der Waals surface area contributed by atoms with Crippen molar-refractivity contribution in [2.45, 2.75) is 12.5 Å². The minimum absolute atomic E-state index is 0.112. The molecule has 3 aromatic carbocycles. The van der Waals surface area contributed by atoms with E-state index in [9.17, 15) is 19.5 Å². The molecule has 4 rings (SSSR count). The van der Waals surface area contributed by atoms with Gasteiger partial charge in [-0.1, -0.05) is 72.8 Å². The number of carbonyl (C=O) groups excluding carboxylic acids is 3. The summed E-state index contributed by atoms with van der Waals surface area (Å²) in [5, 5.41) is 14.5. The number of carbonyl (C=O) groups is 3. The molecule has 35 heavy (non-hydrogen) atoms. The molecule has 0 saturated heterocycles. The van der Waals surface area contributed by atoms with E-state index in [1.807, 2.05) is 0 Å². The Morgan fingerprint density at radius 2 is 1.43 bits per heavy atom. The largest absolute Gasteiger partial charge is 0.460 e. The first-order valence-corrected chi connectivity index (χ1v) is 10.9. The quantitative estimate of drug-likeness (QED) is 0.371. The van der Waals surface area contributed by atoms with Crippen LogP contribution in [0, 0.1) is 0 Å². The maximum Gasteiger partial charge on any atom is 0.376 e. The van der Waals surface area contributed by atoms with E-state index >= 15 is 0 Å². The molecule has 0 unspecified atom stereocenters. The number of furan rings is 1. The first-order chi connectivity index (χ1) is 16.9. The van der Waals surface area contributed by atoms with Crippen molar-refractivity contribution in [1.82, 2.24) is 0 Å². The lowest BCUT2D eigenvalue weighted by Crippen LogP contribution is -2.39. The normalized spacial score (nSPS) is 11.1. The van der Waals surface area contributed by atoms with Gasteiger partial charge in [-0.2, -0.15) is 0 Å². The van der Waals surface area contributed by atoms with Gasteiger partial charge in [0.25, 0.3) is 5.91 Å². The highest BCUT2D eigenvalue weighted by atomic mass is 16.6. The minimum atomic E-state index is -2.12. The van der Waals surface area contributed by atoms with Crippen molar-refractivity contribution in [3.63, 3.8) is 0 Å². The second-order valence-electron chi connectivity index (χ2n) is 7.59. The van der Waals surface area contributed by atoms with Crippen molar-refractivity contribution in [2.24, 2.45) is 0 Å². The third-order valence-corrected chi connectivity index (χ3v) is 5.33. The average Bonchev–Trinajstić information content (AvgIpc) is 3.26. The molecule has 0 aliphatic rings. The summed E-state index contributed by atoms with van der Waals surface area (Å²) in [6.07, 6.45) is 0. The number of esters is 2. The third-order valence-electron chi connectivity index (χ3n) is 5.33. The van der Waals surface area contributed by atoms with Crippen LogP contribution in [0.2, 0.25) is 0 Å². The van der Waals surface area contributed by atoms with Gasteiger partial charge in [0.2, 0.25) is 11.4 Å². The van der Waals surface area contributed by atoms with E-state index in [4.69, 9.17) is 13.9 Å². The molecule has 1 amide bonds. The Bertz CT molecular complexity index is 1310. The van der Waals surface area contributed by atoms with Gasteiger partial charge < -0.3 is 24.3 Å². The molecular formula is C27H23NO7. The van der Waals surface area contributed by atoms with Gasteiger partial charge in [-0.15, -0.1) is 0 Å². The van der Waals surface area contributed by atoms with Crippen LogP contribution in [0.25, 0.3) is 11.0 Å². The summed E-state index contributed by atoms with van der Waals surface area (Å²) in [7, 11) is 0. The van der Waals surface area contributed by atoms with Crippen LogP contribution < -0.4 is 5.32 Å². The second-order valence-corrected chi connectivity index (χ2v) is 7.59. The topological polar surface area (TPSA) is 115 Å². The van der Waals surface area contributed by atoms with Crippen molar-refractivity contribution < 1.29 is 33.4 Å². The van der Waals surface area contributed by atoms with E-state index in [1.54, 1.807) is 91.9 Å². The van der Waals surface area contributed by atoms with Gasteiger partial charge in [0.1, 0.15) is 11.3 Å². The average molecular weight is 473 g/mol. The predicted molar refractivity (Wildman–Crippen MR) is 128 cm³/mol. The smallest absolute Gasteiger partial charge is 0.376 e. The van der Waals surface area contributed by atoms with Crippen LogP contribution in [-0.2, 0) is 24.7 Å². The summed E-state index contributed by atoms with van der Waals surface area (Å²) in [6.45, 7) is 1.07. The summed E-state index contributed by atoms with van der Waals surface area (Å²) in [6, 6.07) is 23.4. The number of para-hydroxylation sites is 1. The number of anilines is 1. The molecule has 0 atom stereocenters. The first kappa shape index (κ1) is 23.7. The van der Waals surface area contributed by atoms with Gasteiger partial charge >= 0.3 is 11.9 Å². The number of nitrogens with one attached hydrogen (secondary N) is 1. The van der Waals surface area contributed by atoms with Gasteiger partial charge in [0.15, 0.2) is 6.61 Å². The Labute approximate surface area is 201 Å². The van der Waals surface area contributed by atoms with Crippen molar-refractivity contribution in [1.29, 1.82) is 0 Å². The van der Waals surface area contributed by atoms with Crippen molar-refractivity contribution in [3.05, 3.63) is 102 Å². The molecule has 0 spiro atoms. The fraction of sp³-hybridized carbons (Fsp3) is 0.148. The maximum atomic E-state index is 13.1. The Kier molecular flexibility index (Phi) is 6.93. The standard InChI is InChI=1S/C27H23NO7/c1-2-33-25(30)24-23(20-15-9-10-16-21(20)35-24)28-22(29)17-34-26(31)27(32,18-11-5-3-6-12-18)19-13-7-4-8-14-19/h3-16,32H,2,17H2,1H3,(H,28,29). The van der Waals surface area contributed by atoms with E-state index in [-0.39, 0.29) is 18.1 Å². The number of rotatable bonds is 8. The number of ether oxygens (including phenoxy) is 2. The third kappa shape index (κ3) is 4.78. The molecule has 0 aliphatic heterocycles. The van der Waals surface area contributed by atoms with Crippen molar-refractivity contribution in [2.75, 3.05) is 18.5 Å². The molecule has 0 bridgehead atoms. The number of benzene rings is 3. The van der Waals surface area contributed by atoms with Crippen LogP contribution in [0.15, 0.2) is 89.3 Å². The molecule has 0 saturated carbocycles. The number of amides is 1. The van der Waals surface area contributed by atoms with Crippen LogP contribution in [-0.4, -0.2) is 36.2 Å². The highest BCUT2D eigenvalue weighted by Crippen LogP contribution is 2.33. The van der Waals surface area contributed by atoms with Crippen LogP contribution in [0.5, 0.6) is 0 Å². The summed E-state index contributed by atoms with van der Waals surface area (Å²) in [5.41, 5.74) is -1.04. The summed E-state index contributed by atoms with van der Waals surface area (Å²) in [5.74, 6) is -2.65. The predicted octanol–water partition coefficient (Wildman–Crippen LogP) is 4.03. The minimum Gasteiger partial charge on any atom is -0.460 e. The van der Waals surface area contributed by atoms with Crippen LogP contribution in [0.1, 0.15) is 28.6 Å².